The van der Waals surface area contributed by atoms with Crippen molar-refractivity contribution < 1.29 is 0 Å². The zero-order valence-electron chi connectivity index (χ0n) is 8.97. The summed E-state index contributed by atoms with van der Waals surface area (Å²) in [4.78, 5) is 5.72. The molecule has 0 amide bonds. The van der Waals surface area contributed by atoms with Gasteiger partial charge in [0.1, 0.15) is 0 Å². The number of hydrogen-bond acceptors (Lipinski definition) is 4. The Balaban J connectivity index is 2.02. The number of nitrogens with zero attached hydrogens (tertiary/aromatic N) is 3. The number of pyridine rings is 1. The first-order chi connectivity index (χ1) is 7.83. The topological polar surface area (TPSA) is 42.7 Å². The maximum absolute atomic E-state index is 4.45. The van der Waals surface area contributed by atoms with Crippen LogP contribution in [0.5, 0.6) is 0 Å². The summed E-state index contributed by atoms with van der Waals surface area (Å²) in [5.74, 6) is 1.11. The Hall–Kier alpha value is -1.49. The second-order valence-electron chi connectivity index (χ2n) is 3.74. The van der Waals surface area contributed by atoms with Crippen LogP contribution < -0.4 is 5.32 Å². The van der Waals surface area contributed by atoms with Crippen molar-refractivity contribution in [2.45, 2.75) is 4.90 Å². The molecule has 0 spiro atoms. The van der Waals surface area contributed by atoms with E-state index < -0.39 is 0 Å². The van der Waals surface area contributed by atoms with Gasteiger partial charge in [-0.05, 0) is 6.07 Å². The van der Waals surface area contributed by atoms with E-state index in [4.69, 9.17) is 0 Å². The first-order valence-corrected chi connectivity index (χ1v) is 6.17. The second-order valence-corrected chi connectivity index (χ2v) is 4.88. The molecule has 0 saturated carbocycles. The van der Waals surface area contributed by atoms with Gasteiger partial charge in [-0.15, -0.1) is 11.8 Å². The summed E-state index contributed by atoms with van der Waals surface area (Å²) in [7, 11) is 1.91. The van der Waals surface area contributed by atoms with Gasteiger partial charge in [0.2, 0.25) is 0 Å². The molecule has 0 aromatic carbocycles. The van der Waals surface area contributed by atoms with Crippen molar-refractivity contribution in [2.24, 2.45) is 7.05 Å². The molecule has 0 saturated heterocycles. The summed E-state index contributed by atoms with van der Waals surface area (Å²) < 4.78 is 1.79. The van der Waals surface area contributed by atoms with Crippen molar-refractivity contribution in [2.75, 3.05) is 17.6 Å². The van der Waals surface area contributed by atoms with Crippen LogP contribution in [0.15, 0.2) is 29.6 Å². The van der Waals surface area contributed by atoms with Crippen molar-refractivity contribution in [3.63, 3.8) is 0 Å². The zero-order chi connectivity index (χ0) is 11.0. The van der Waals surface area contributed by atoms with Gasteiger partial charge in [-0.25, -0.2) is 0 Å². The van der Waals surface area contributed by atoms with Crippen LogP contribution in [0.2, 0.25) is 0 Å². The molecule has 82 valence electrons. The average molecular weight is 232 g/mol. The normalized spacial score (nSPS) is 14.3. The van der Waals surface area contributed by atoms with E-state index in [1.54, 1.807) is 4.68 Å². The Labute approximate surface area is 98.1 Å². The molecular formula is C11H12N4S. The Morgan fingerprint density at radius 3 is 3.19 bits per heavy atom. The van der Waals surface area contributed by atoms with Crippen molar-refractivity contribution >= 4 is 17.4 Å². The van der Waals surface area contributed by atoms with Crippen LogP contribution in [-0.4, -0.2) is 27.1 Å². The number of rotatable bonds is 1. The van der Waals surface area contributed by atoms with Gasteiger partial charge in [-0.2, -0.15) is 5.10 Å². The predicted octanol–water partition coefficient (Wildman–Crippen LogP) is 2.00. The minimum absolute atomic E-state index is 0.989. The Bertz CT molecular complexity index is 520. The molecule has 0 aliphatic carbocycles. The molecule has 3 rings (SSSR count). The van der Waals surface area contributed by atoms with Crippen LogP contribution >= 0.6 is 11.8 Å². The summed E-state index contributed by atoms with van der Waals surface area (Å²) >= 11 is 1.87. The Morgan fingerprint density at radius 2 is 2.38 bits per heavy atom. The molecule has 2 aromatic heterocycles. The van der Waals surface area contributed by atoms with E-state index >= 15 is 0 Å². The van der Waals surface area contributed by atoms with Crippen LogP contribution in [0.1, 0.15) is 0 Å². The van der Waals surface area contributed by atoms with E-state index in [-0.39, 0.29) is 0 Å². The summed E-state index contributed by atoms with van der Waals surface area (Å²) in [6.45, 7) is 1.02. The number of aryl methyl sites for hydroxylation is 1. The average Bonchev–Trinajstić information content (AvgIpc) is 2.75. The van der Waals surface area contributed by atoms with E-state index in [9.17, 15) is 0 Å². The van der Waals surface area contributed by atoms with Gasteiger partial charge < -0.3 is 5.32 Å². The highest BCUT2D eigenvalue weighted by atomic mass is 32.2. The minimum atomic E-state index is 0.989. The summed E-state index contributed by atoms with van der Waals surface area (Å²) in [5.41, 5.74) is 3.20. The fraction of sp³-hybridized carbons (Fsp3) is 0.273. The number of hydrogen-bond donors (Lipinski definition) is 1. The first-order valence-electron chi connectivity index (χ1n) is 5.19. The molecule has 0 fully saturated rings. The van der Waals surface area contributed by atoms with Crippen molar-refractivity contribution in [1.29, 1.82) is 0 Å². The highest BCUT2D eigenvalue weighted by Crippen LogP contribution is 2.32. The van der Waals surface area contributed by atoms with Crippen LogP contribution in [0.3, 0.4) is 0 Å². The molecule has 5 heteroatoms. The smallest absolute Gasteiger partial charge is 0.0746 e. The third-order valence-corrected chi connectivity index (χ3v) is 3.60. The number of nitrogens with one attached hydrogen (secondary N) is 1. The zero-order valence-corrected chi connectivity index (χ0v) is 9.79. The standard InChI is InChI=1S/C11H12N4S/c1-15-7-8(5-14-15)9-4-11-10(6-13-9)12-2-3-16-11/h4-7,12H,2-3H2,1H3. The second kappa shape index (κ2) is 3.83. The molecule has 1 aliphatic rings. The predicted molar refractivity (Wildman–Crippen MR) is 65.7 cm³/mol. The van der Waals surface area contributed by atoms with Crippen LogP contribution in [-0.2, 0) is 7.05 Å². The molecular weight excluding hydrogens is 220 g/mol. The van der Waals surface area contributed by atoms with E-state index in [2.05, 4.69) is 21.5 Å². The van der Waals surface area contributed by atoms with Gasteiger partial charge in [0.15, 0.2) is 0 Å². The number of aromatic nitrogens is 3. The SMILES string of the molecule is Cn1cc(-c2cc3c(cn2)NCCS3)cn1. The molecule has 1 aliphatic heterocycles. The lowest BCUT2D eigenvalue weighted by molar-refractivity contribution is 0.768. The third-order valence-electron chi connectivity index (χ3n) is 2.54. The van der Waals surface area contributed by atoms with Gasteiger partial charge in [-0.3, -0.25) is 9.67 Å². The van der Waals surface area contributed by atoms with Gasteiger partial charge in [-0.1, -0.05) is 0 Å². The van der Waals surface area contributed by atoms with Crippen molar-refractivity contribution in [3.8, 4) is 11.3 Å². The van der Waals surface area contributed by atoms with E-state index in [0.29, 0.717) is 0 Å². The highest BCUT2D eigenvalue weighted by molar-refractivity contribution is 7.99. The van der Waals surface area contributed by atoms with Gasteiger partial charge >= 0.3 is 0 Å². The van der Waals surface area contributed by atoms with Crippen LogP contribution in [0.25, 0.3) is 11.3 Å². The molecule has 0 atom stereocenters. The molecule has 1 N–H and O–H groups in total. The van der Waals surface area contributed by atoms with Gasteiger partial charge in [0.25, 0.3) is 0 Å². The number of thioether (sulfide) groups is 1. The lowest BCUT2D eigenvalue weighted by atomic mass is 10.2. The molecule has 16 heavy (non-hydrogen) atoms. The van der Waals surface area contributed by atoms with Gasteiger partial charge in [0.05, 0.1) is 23.8 Å². The van der Waals surface area contributed by atoms with E-state index in [1.807, 2.05) is 37.4 Å². The molecule has 3 heterocycles. The van der Waals surface area contributed by atoms with Crippen molar-refractivity contribution in [1.82, 2.24) is 14.8 Å². The molecule has 2 aromatic rings. The minimum Gasteiger partial charge on any atom is -0.382 e. The lowest BCUT2D eigenvalue weighted by Gasteiger charge is -2.17. The maximum atomic E-state index is 4.45. The third kappa shape index (κ3) is 1.67. The van der Waals surface area contributed by atoms with Gasteiger partial charge in [0, 0.05) is 36.0 Å². The number of fused-ring (bicyclic) bond motifs is 1. The molecule has 0 bridgehead atoms. The lowest BCUT2D eigenvalue weighted by Crippen LogP contribution is -2.10. The summed E-state index contributed by atoms with van der Waals surface area (Å²) in [5, 5.41) is 7.50. The van der Waals surface area contributed by atoms with Crippen LogP contribution in [0.4, 0.5) is 5.69 Å². The largest absolute Gasteiger partial charge is 0.382 e. The molecule has 4 nitrogen and oxygen atoms in total. The molecule has 0 unspecified atom stereocenters. The fourth-order valence-electron chi connectivity index (χ4n) is 1.75. The maximum Gasteiger partial charge on any atom is 0.0746 e. The van der Waals surface area contributed by atoms with E-state index in [0.717, 1.165) is 29.2 Å². The fourth-order valence-corrected chi connectivity index (χ4v) is 2.65. The van der Waals surface area contributed by atoms with E-state index in [1.165, 1.54) is 4.90 Å². The highest BCUT2D eigenvalue weighted by Gasteiger charge is 2.11. The van der Waals surface area contributed by atoms with Crippen LogP contribution in [0, 0.1) is 0 Å². The molecule has 0 radical (unpaired) electrons. The Kier molecular flexibility index (Phi) is 2.32. The Morgan fingerprint density at radius 1 is 1.44 bits per heavy atom. The monoisotopic (exact) mass is 232 g/mol. The van der Waals surface area contributed by atoms with Crippen molar-refractivity contribution in [3.05, 3.63) is 24.7 Å². The summed E-state index contributed by atoms with van der Waals surface area (Å²) in [6.07, 6.45) is 5.73. The first kappa shape index (κ1) is 9.72. The summed E-state index contributed by atoms with van der Waals surface area (Å²) in [6, 6.07) is 2.13. The quantitative estimate of drug-likeness (QED) is 0.816. The number of anilines is 1.